The van der Waals surface area contributed by atoms with E-state index in [0.29, 0.717) is 28.2 Å². The Morgan fingerprint density at radius 1 is 1.11 bits per heavy atom. The van der Waals surface area contributed by atoms with Gasteiger partial charge in [-0.15, -0.1) is 0 Å². The highest BCUT2D eigenvalue weighted by Gasteiger charge is 2.13. The first kappa shape index (κ1) is 23.2. The highest BCUT2D eigenvalue weighted by molar-refractivity contribution is 5.81. The summed E-state index contributed by atoms with van der Waals surface area (Å²) in [7, 11) is 1.51. The van der Waals surface area contributed by atoms with Gasteiger partial charge in [0.25, 0.3) is 5.56 Å². The summed E-state index contributed by atoms with van der Waals surface area (Å²) >= 11 is 0. The molecule has 35 heavy (non-hydrogen) atoms. The summed E-state index contributed by atoms with van der Waals surface area (Å²) in [5, 5.41) is 13.5. The van der Waals surface area contributed by atoms with Gasteiger partial charge >= 0.3 is 0 Å². The van der Waals surface area contributed by atoms with E-state index in [1.54, 1.807) is 60.7 Å². The number of hydrogen-bond donors (Lipinski definition) is 2. The van der Waals surface area contributed by atoms with Gasteiger partial charge < -0.3 is 9.47 Å². The van der Waals surface area contributed by atoms with Crippen LogP contribution in [0.25, 0.3) is 11.3 Å². The average Bonchev–Trinajstić information content (AvgIpc) is 2.88. The predicted octanol–water partition coefficient (Wildman–Crippen LogP) is 4.48. The summed E-state index contributed by atoms with van der Waals surface area (Å²) in [6.45, 7) is 0.0283. The maximum absolute atomic E-state index is 13.9. The predicted molar refractivity (Wildman–Crippen MR) is 130 cm³/mol. The zero-order chi connectivity index (χ0) is 24.6. The Morgan fingerprint density at radius 2 is 1.89 bits per heavy atom. The van der Waals surface area contributed by atoms with Crippen LogP contribution in [-0.2, 0) is 6.61 Å². The van der Waals surface area contributed by atoms with Crippen molar-refractivity contribution in [3.05, 3.63) is 106 Å². The molecule has 0 aliphatic heterocycles. The molecule has 2 N–H and O–H groups in total. The molecule has 0 fully saturated rings. The lowest BCUT2D eigenvalue weighted by Gasteiger charge is -2.12. The summed E-state index contributed by atoms with van der Waals surface area (Å²) in [6.07, 6.45) is 1.50. The summed E-state index contributed by atoms with van der Waals surface area (Å²) in [4.78, 5) is 19.2. The van der Waals surface area contributed by atoms with Gasteiger partial charge in [-0.1, -0.05) is 48.5 Å². The van der Waals surface area contributed by atoms with Gasteiger partial charge in [-0.25, -0.2) is 14.8 Å². The summed E-state index contributed by atoms with van der Waals surface area (Å²) in [5.41, 5.74) is 3.98. The van der Waals surface area contributed by atoms with Crippen LogP contribution in [0.15, 0.2) is 82.7 Å². The number of anilines is 1. The Kier molecular flexibility index (Phi) is 7.13. The average molecular weight is 469 g/mol. The lowest BCUT2D eigenvalue weighted by molar-refractivity contribution is 0.279. The van der Waals surface area contributed by atoms with E-state index in [9.17, 15) is 14.4 Å². The molecule has 1 heterocycles. The lowest BCUT2D eigenvalue weighted by atomic mass is 10.1. The number of methoxy groups -OCH3 is 1. The molecule has 0 saturated carbocycles. The van der Waals surface area contributed by atoms with Crippen LogP contribution in [0.1, 0.15) is 16.7 Å². The Labute approximate surface area is 200 Å². The normalized spacial score (nSPS) is 10.7. The number of rotatable bonds is 8. The molecule has 8 nitrogen and oxygen atoms in total. The van der Waals surface area contributed by atoms with E-state index in [0.717, 1.165) is 0 Å². The fourth-order valence-electron chi connectivity index (χ4n) is 3.26. The first-order chi connectivity index (χ1) is 17.1. The second kappa shape index (κ2) is 10.8. The van der Waals surface area contributed by atoms with E-state index < -0.39 is 5.56 Å². The van der Waals surface area contributed by atoms with Crippen molar-refractivity contribution in [3.63, 3.8) is 0 Å². The molecular formula is C26H20FN5O3. The molecule has 0 amide bonds. The van der Waals surface area contributed by atoms with Gasteiger partial charge in [-0.2, -0.15) is 10.4 Å². The summed E-state index contributed by atoms with van der Waals surface area (Å²) < 4.78 is 25.0. The fraction of sp³-hybridized carbons (Fsp3) is 0.0769. The van der Waals surface area contributed by atoms with Crippen LogP contribution in [0, 0.1) is 17.1 Å². The zero-order valence-electron chi connectivity index (χ0n) is 18.7. The Bertz CT molecular complexity index is 1460. The third-order valence-electron chi connectivity index (χ3n) is 4.99. The second-order valence-corrected chi connectivity index (χ2v) is 7.28. The van der Waals surface area contributed by atoms with Gasteiger partial charge in [0.05, 0.1) is 19.0 Å². The Balaban J connectivity index is 1.53. The van der Waals surface area contributed by atoms with Crippen LogP contribution in [0.3, 0.4) is 0 Å². The van der Waals surface area contributed by atoms with Crippen molar-refractivity contribution in [1.82, 2.24) is 9.97 Å². The van der Waals surface area contributed by atoms with Crippen molar-refractivity contribution in [1.29, 1.82) is 5.26 Å². The quantitative estimate of drug-likeness (QED) is 0.291. The lowest BCUT2D eigenvalue weighted by Crippen LogP contribution is -2.16. The third-order valence-corrected chi connectivity index (χ3v) is 4.99. The number of nitrogens with zero attached hydrogens (tertiary/aromatic N) is 3. The number of benzene rings is 3. The van der Waals surface area contributed by atoms with Crippen LogP contribution < -0.4 is 20.5 Å². The zero-order valence-corrected chi connectivity index (χ0v) is 18.7. The van der Waals surface area contributed by atoms with Gasteiger partial charge in [-0.3, -0.25) is 9.78 Å². The van der Waals surface area contributed by atoms with Crippen molar-refractivity contribution in [3.8, 4) is 28.8 Å². The van der Waals surface area contributed by atoms with Crippen LogP contribution >= 0.6 is 0 Å². The SMILES string of the molecule is COc1ccc(C=NNc2nc(-c3ccccc3)c(C#N)c(=O)[nH]2)cc1OCc1ccccc1F. The number of halogens is 1. The molecule has 0 radical (unpaired) electrons. The maximum atomic E-state index is 13.9. The number of aromatic amines is 1. The van der Waals surface area contributed by atoms with Crippen LogP contribution in [-0.4, -0.2) is 23.3 Å². The molecule has 0 aliphatic carbocycles. The van der Waals surface area contributed by atoms with E-state index in [1.165, 1.54) is 19.4 Å². The van der Waals surface area contributed by atoms with E-state index in [-0.39, 0.29) is 29.6 Å². The molecule has 0 atom stereocenters. The minimum Gasteiger partial charge on any atom is -0.493 e. The van der Waals surface area contributed by atoms with E-state index in [4.69, 9.17) is 9.47 Å². The number of aromatic nitrogens is 2. The topological polar surface area (TPSA) is 112 Å². The molecule has 0 spiro atoms. The number of ether oxygens (including phenoxy) is 2. The number of hydrogen-bond acceptors (Lipinski definition) is 7. The molecule has 174 valence electrons. The Hall–Kier alpha value is -4.97. The van der Waals surface area contributed by atoms with Crippen molar-refractivity contribution < 1.29 is 13.9 Å². The monoisotopic (exact) mass is 469 g/mol. The molecule has 4 aromatic rings. The third kappa shape index (κ3) is 5.51. The second-order valence-electron chi connectivity index (χ2n) is 7.28. The molecule has 0 saturated heterocycles. The van der Waals surface area contributed by atoms with Gasteiger partial charge in [-0.05, 0) is 29.8 Å². The van der Waals surface area contributed by atoms with Crippen molar-refractivity contribution in [2.45, 2.75) is 6.61 Å². The van der Waals surface area contributed by atoms with E-state index >= 15 is 0 Å². The van der Waals surface area contributed by atoms with E-state index in [2.05, 4.69) is 20.5 Å². The highest BCUT2D eigenvalue weighted by Crippen LogP contribution is 2.28. The molecule has 1 aromatic heterocycles. The maximum Gasteiger partial charge on any atom is 0.270 e. The molecule has 0 unspecified atom stereocenters. The number of H-pyrrole nitrogens is 1. The largest absolute Gasteiger partial charge is 0.493 e. The molecule has 0 aliphatic rings. The van der Waals surface area contributed by atoms with Gasteiger partial charge in [0, 0.05) is 11.1 Å². The van der Waals surface area contributed by atoms with Gasteiger partial charge in [0.15, 0.2) is 11.5 Å². The first-order valence-electron chi connectivity index (χ1n) is 10.5. The molecule has 0 bridgehead atoms. The van der Waals surface area contributed by atoms with Gasteiger partial charge in [0.2, 0.25) is 5.95 Å². The number of nitrogens with one attached hydrogen (secondary N) is 2. The minimum atomic E-state index is -0.577. The van der Waals surface area contributed by atoms with Crippen LogP contribution in [0.2, 0.25) is 0 Å². The van der Waals surface area contributed by atoms with E-state index in [1.807, 2.05) is 12.1 Å². The number of hydrazone groups is 1. The smallest absolute Gasteiger partial charge is 0.270 e. The highest BCUT2D eigenvalue weighted by atomic mass is 19.1. The molecule has 3 aromatic carbocycles. The molecule has 9 heteroatoms. The fourth-order valence-corrected chi connectivity index (χ4v) is 3.26. The summed E-state index contributed by atoms with van der Waals surface area (Å²) in [5.74, 6) is 0.619. The number of nitriles is 1. The minimum absolute atomic E-state index is 0.0283. The molecular weight excluding hydrogens is 449 g/mol. The van der Waals surface area contributed by atoms with Crippen molar-refractivity contribution in [2.24, 2.45) is 5.10 Å². The summed E-state index contributed by atoms with van der Waals surface area (Å²) in [6, 6.07) is 22.3. The standard InChI is InChI=1S/C26H20FN5O3/c1-34-22-12-11-17(13-23(22)35-16-19-9-5-6-10-21(19)27)15-29-32-26-30-24(18-7-3-2-4-8-18)20(14-28)25(33)31-26/h2-13,15H,16H2,1H3,(H2,30,31,32,33). The Morgan fingerprint density at radius 3 is 2.63 bits per heavy atom. The van der Waals surface area contributed by atoms with Crippen molar-refractivity contribution >= 4 is 12.2 Å². The van der Waals surface area contributed by atoms with Crippen LogP contribution in [0.5, 0.6) is 11.5 Å². The van der Waals surface area contributed by atoms with Crippen LogP contribution in [0.4, 0.5) is 10.3 Å². The molecule has 4 rings (SSSR count). The van der Waals surface area contributed by atoms with Crippen molar-refractivity contribution in [2.75, 3.05) is 12.5 Å². The first-order valence-corrected chi connectivity index (χ1v) is 10.5. The van der Waals surface area contributed by atoms with Gasteiger partial charge in [0.1, 0.15) is 24.1 Å².